The van der Waals surface area contributed by atoms with Gasteiger partial charge in [-0.05, 0) is 29.7 Å². The van der Waals surface area contributed by atoms with E-state index in [0.29, 0.717) is 10.6 Å². The van der Waals surface area contributed by atoms with E-state index in [-0.39, 0.29) is 5.69 Å². The van der Waals surface area contributed by atoms with E-state index in [2.05, 4.69) is 6.07 Å². The fourth-order valence-corrected chi connectivity index (χ4v) is 2.99. The molecular formula is C13H11N3O2S. The lowest BCUT2D eigenvalue weighted by Crippen LogP contribution is -1.91. The van der Waals surface area contributed by atoms with Crippen LogP contribution in [-0.2, 0) is 6.42 Å². The number of nitro groups is 1. The highest BCUT2D eigenvalue weighted by molar-refractivity contribution is 7.16. The maximum atomic E-state index is 10.6. The van der Waals surface area contributed by atoms with Crippen molar-refractivity contribution in [1.82, 2.24) is 0 Å². The molecule has 0 unspecified atom stereocenters. The molecule has 2 rings (SSSR count). The summed E-state index contributed by atoms with van der Waals surface area (Å²) in [5, 5.41) is 19.6. The zero-order chi connectivity index (χ0) is 14.0. The summed E-state index contributed by atoms with van der Waals surface area (Å²) in [6.45, 7) is 1.97. The topological polar surface area (TPSA) is 93.0 Å². The van der Waals surface area contributed by atoms with Gasteiger partial charge in [0.05, 0.1) is 10.6 Å². The molecule has 0 saturated carbocycles. The number of hydrogen-bond donors (Lipinski definition) is 1. The average molecular weight is 273 g/mol. The first-order valence-corrected chi connectivity index (χ1v) is 6.46. The van der Waals surface area contributed by atoms with Crippen LogP contribution in [0.1, 0.15) is 17.4 Å². The van der Waals surface area contributed by atoms with Crippen molar-refractivity contribution in [3.63, 3.8) is 0 Å². The fraction of sp³-hybridized carbons (Fsp3) is 0.154. The second kappa shape index (κ2) is 5.08. The van der Waals surface area contributed by atoms with Crippen LogP contribution in [0.3, 0.4) is 0 Å². The molecule has 1 heterocycles. The van der Waals surface area contributed by atoms with Crippen molar-refractivity contribution in [2.45, 2.75) is 13.3 Å². The smallest absolute Gasteiger partial charge is 0.269 e. The Balaban J connectivity index is 2.53. The Labute approximate surface area is 114 Å². The number of benzene rings is 1. The predicted molar refractivity (Wildman–Crippen MR) is 74.9 cm³/mol. The minimum absolute atomic E-state index is 0.0480. The normalized spacial score (nSPS) is 10.1. The number of nitrogens with zero attached hydrogens (tertiary/aromatic N) is 2. The third-order valence-electron chi connectivity index (χ3n) is 2.84. The molecule has 0 fully saturated rings. The molecule has 1 aromatic heterocycles. The maximum absolute atomic E-state index is 10.6. The SMILES string of the molecule is CCc1c(-c2ccc([N+](=O)[O-])cc2)sc(C#N)c1N. The molecule has 0 aliphatic rings. The van der Waals surface area contributed by atoms with E-state index in [0.717, 1.165) is 22.4 Å². The lowest BCUT2D eigenvalue weighted by atomic mass is 10.1. The Morgan fingerprint density at radius 2 is 2.05 bits per heavy atom. The average Bonchev–Trinajstić information content (AvgIpc) is 2.75. The van der Waals surface area contributed by atoms with Crippen LogP contribution in [0.15, 0.2) is 24.3 Å². The number of thiophene rings is 1. The first-order chi connectivity index (χ1) is 9.08. The van der Waals surface area contributed by atoms with Crippen LogP contribution in [0.2, 0.25) is 0 Å². The van der Waals surface area contributed by atoms with E-state index in [4.69, 9.17) is 11.0 Å². The fourth-order valence-electron chi connectivity index (χ4n) is 1.88. The van der Waals surface area contributed by atoms with Crippen LogP contribution in [-0.4, -0.2) is 4.92 Å². The van der Waals surface area contributed by atoms with E-state index in [1.807, 2.05) is 6.92 Å². The van der Waals surface area contributed by atoms with Crippen LogP contribution in [0.5, 0.6) is 0 Å². The summed E-state index contributed by atoms with van der Waals surface area (Å²) in [5.74, 6) is 0. The summed E-state index contributed by atoms with van der Waals surface area (Å²) in [7, 11) is 0. The Morgan fingerprint density at radius 3 is 2.53 bits per heavy atom. The second-order valence-electron chi connectivity index (χ2n) is 3.92. The lowest BCUT2D eigenvalue weighted by molar-refractivity contribution is -0.384. The van der Waals surface area contributed by atoms with Gasteiger partial charge < -0.3 is 5.73 Å². The molecule has 0 radical (unpaired) electrons. The number of nitriles is 1. The number of nitrogen functional groups attached to an aromatic ring is 1. The summed E-state index contributed by atoms with van der Waals surface area (Å²) >= 11 is 1.32. The van der Waals surface area contributed by atoms with Gasteiger partial charge in [0.1, 0.15) is 10.9 Å². The van der Waals surface area contributed by atoms with Gasteiger partial charge in [-0.3, -0.25) is 10.1 Å². The standard InChI is InChI=1S/C13H11N3O2S/c1-2-10-12(15)11(7-14)19-13(10)8-3-5-9(6-4-8)16(17)18/h3-6H,2,15H2,1H3. The van der Waals surface area contributed by atoms with E-state index < -0.39 is 4.92 Å². The number of nitrogens with two attached hydrogens (primary N) is 1. The third-order valence-corrected chi connectivity index (χ3v) is 4.04. The number of anilines is 1. The molecule has 2 aromatic rings. The van der Waals surface area contributed by atoms with Crippen molar-refractivity contribution in [3.8, 4) is 16.5 Å². The minimum atomic E-state index is -0.437. The molecular weight excluding hydrogens is 262 g/mol. The summed E-state index contributed by atoms with van der Waals surface area (Å²) in [4.78, 5) is 11.6. The molecule has 0 saturated heterocycles. The molecule has 0 spiro atoms. The number of nitro benzene ring substituents is 1. The monoisotopic (exact) mass is 273 g/mol. The number of hydrogen-bond acceptors (Lipinski definition) is 5. The molecule has 19 heavy (non-hydrogen) atoms. The molecule has 96 valence electrons. The molecule has 6 heteroatoms. The van der Waals surface area contributed by atoms with Crippen molar-refractivity contribution in [1.29, 1.82) is 5.26 Å². The Hall–Kier alpha value is -2.39. The van der Waals surface area contributed by atoms with E-state index in [9.17, 15) is 10.1 Å². The first-order valence-electron chi connectivity index (χ1n) is 5.64. The van der Waals surface area contributed by atoms with Crippen LogP contribution in [0, 0.1) is 21.4 Å². The van der Waals surface area contributed by atoms with E-state index >= 15 is 0 Å². The summed E-state index contributed by atoms with van der Waals surface area (Å²) < 4.78 is 0. The van der Waals surface area contributed by atoms with Gasteiger partial charge >= 0.3 is 0 Å². The van der Waals surface area contributed by atoms with E-state index in [1.54, 1.807) is 12.1 Å². The van der Waals surface area contributed by atoms with Crippen molar-refractivity contribution in [2.24, 2.45) is 0 Å². The van der Waals surface area contributed by atoms with Crippen LogP contribution in [0.4, 0.5) is 11.4 Å². The zero-order valence-electron chi connectivity index (χ0n) is 10.2. The summed E-state index contributed by atoms with van der Waals surface area (Å²) in [6.07, 6.45) is 0.719. The van der Waals surface area contributed by atoms with Gasteiger partial charge in [-0.1, -0.05) is 6.92 Å². The van der Waals surface area contributed by atoms with Crippen LogP contribution < -0.4 is 5.73 Å². The molecule has 0 aliphatic carbocycles. The molecule has 1 aromatic carbocycles. The van der Waals surface area contributed by atoms with Gasteiger partial charge in [0.2, 0.25) is 0 Å². The highest BCUT2D eigenvalue weighted by Crippen LogP contribution is 2.38. The number of rotatable bonds is 3. The van der Waals surface area contributed by atoms with Gasteiger partial charge in [0.15, 0.2) is 0 Å². The van der Waals surface area contributed by atoms with Crippen molar-refractivity contribution < 1.29 is 4.92 Å². The quantitative estimate of drug-likeness (QED) is 0.685. The largest absolute Gasteiger partial charge is 0.397 e. The van der Waals surface area contributed by atoms with Crippen molar-refractivity contribution in [2.75, 3.05) is 5.73 Å². The second-order valence-corrected chi connectivity index (χ2v) is 4.94. The summed E-state index contributed by atoms with van der Waals surface area (Å²) in [5.41, 5.74) is 8.26. The van der Waals surface area contributed by atoms with Gasteiger partial charge in [-0.15, -0.1) is 11.3 Å². The minimum Gasteiger partial charge on any atom is -0.397 e. The third kappa shape index (κ3) is 2.28. The van der Waals surface area contributed by atoms with Crippen molar-refractivity contribution in [3.05, 3.63) is 44.8 Å². The Kier molecular flexibility index (Phi) is 3.49. The van der Waals surface area contributed by atoms with Gasteiger partial charge in [-0.2, -0.15) is 5.26 Å². The van der Waals surface area contributed by atoms with Gasteiger partial charge in [0, 0.05) is 17.0 Å². The molecule has 0 amide bonds. The Morgan fingerprint density at radius 1 is 1.42 bits per heavy atom. The van der Waals surface area contributed by atoms with Gasteiger partial charge in [0.25, 0.3) is 5.69 Å². The van der Waals surface area contributed by atoms with Crippen LogP contribution >= 0.6 is 11.3 Å². The molecule has 0 bridgehead atoms. The molecule has 2 N–H and O–H groups in total. The van der Waals surface area contributed by atoms with Crippen LogP contribution in [0.25, 0.3) is 10.4 Å². The molecule has 0 atom stereocenters. The van der Waals surface area contributed by atoms with Gasteiger partial charge in [-0.25, -0.2) is 0 Å². The molecule has 5 nitrogen and oxygen atoms in total. The number of non-ortho nitro benzene ring substituents is 1. The first kappa shape index (κ1) is 13.1. The highest BCUT2D eigenvalue weighted by atomic mass is 32.1. The predicted octanol–water partition coefficient (Wildman–Crippen LogP) is 3.34. The lowest BCUT2D eigenvalue weighted by Gasteiger charge is -2.02. The molecule has 0 aliphatic heterocycles. The highest BCUT2D eigenvalue weighted by Gasteiger charge is 2.16. The zero-order valence-corrected chi connectivity index (χ0v) is 11.0. The Bertz CT molecular complexity index is 668. The maximum Gasteiger partial charge on any atom is 0.269 e. The van der Waals surface area contributed by atoms with E-state index in [1.165, 1.54) is 23.5 Å². The summed E-state index contributed by atoms with van der Waals surface area (Å²) in [6, 6.07) is 8.35. The van der Waals surface area contributed by atoms with Crippen molar-refractivity contribution >= 4 is 22.7 Å².